The second kappa shape index (κ2) is 4.42. The molecule has 0 aromatic heterocycles. The number of rotatable bonds is 3. The fourth-order valence-corrected chi connectivity index (χ4v) is 2.35. The molecule has 2 N–H and O–H groups in total. The van der Waals surface area contributed by atoms with Crippen LogP contribution in [0, 0.1) is 11.7 Å². The summed E-state index contributed by atoms with van der Waals surface area (Å²) < 4.78 is 13.5. The normalized spacial score (nSPS) is 26.2. The molecule has 1 aromatic rings. The summed E-state index contributed by atoms with van der Waals surface area (Å²) in [5, 5.41) is 12.5. The third-order valence-corrected chi connectivity index (χ3v) is 3.31. The topological polar surface area (TPSA) is 32.3 Å². The van der Waals surface area contributed by atoms with Gasteiger partial charge in [0, 0.05) is 23.7 Å². The van der Waals surface area contributed by atoms with Gasteiger partial charge in [0.2, 0.25) is 0 Å². The minimum Gasteiger partial charge on any atom is -0.508 e. The number of hydrogen-bond donors (Lipinski definition) is 2. The van der Waals surface area contributed by atoms with E-state index in [4.69, 9.17) is 5.11 Å². The Morgan fingerprint density at radius 2 is 2.12 bits per heavy atom. The first kappa shape index (κ1) is 11.4. The summed E-state index contributed by atoms with van der Waals surface area (Å²) in [5.41, 5.74) is 0.623. The van der Waals surface area contributed by atoms with Crippen LogP contribution in [0.25, 0.3) is 0 Å². The monoisotopic (exact) mass is 223 g/mol. The number of halogens is 1. The smallest absolute Gasteiger partial charge is 0.131 e. The maximum absolute atomic E-state index is 13.5. The molecule has 1 fully saturated rings. The van der Waals surface area contributed by atoms with Crippen molar-refractivity contribution in [2.75, 3.05) is 0 Å². The van der Waals surface area contributed by atoms with Gasteiger partial charge in [0.1, 0.15) is 11.6 Å². The Kier molecular flexibility index (Phi) is 3.15. The van der Waals surface area contributed by atoms with E-state index < -0.39 is 0 Å². The van der Waals surface area contributed by atoms with E-state index in [0.717, 1.165) is 12.0 Å². The van der Waals surface area contributed by atoms with E-state index in [9.17, 15) is 4.39 Å². The maximum Gasteiger partial charge on any atom is 0.131 e. The lowest BCUT2D eigenvalue weighted by molar-refractivity contribution is 0.225. The SMILES string of the molecule is CC1CC(NC(C)c2ccc(O)cc2F)C1. The number of nitrogens with one attached hydrogen (secondary N) is 1. The van der Waals surface area contributed by atoms with E-state index in [1.54, 1.807) is 6.07 Å². The predicted octanol–water partition coefficient (Wildman–Crippen LogP) is 2.98. The van der Waals surface area contributed by atoms with Crippen molar-refractivity contribution in [1.82, 2.24) is 5.32 Å². The first-order valence-corrected chi connectivity index (χ1v) is 5.80. The molecule has 88 valence electrons. The number of aromatic hydroxyl groups is 1. The zero-order chi connectivity index (χ0) is 11.7. The fraction of sp³-hybridized carbons (Fsp3) is 0.538. The molecule has 3 heteroatoms. The van der Waals surface area contributed by atoms with Crippen LogP contribution in [-0.2, 0) is 0 Å². The quantitative estimate of drug-likeness (QED) is 0.825. The van der Waals surface area contributed by atoms with Crippen molar-refractivity contribution >= 4 is 0 Å². The lowest BCUT2D eigenvalue weighted by atomic mass is 9.81. The van der Waals surface area contributed by atoms with E-state index in [-0.39, 0.29) is 17.6 Å². The predicted molar refractivity (Wildman–Crippen MR) is 61.8 cm³/mol. The molecule has 0 heterocycles. The number of benzene rings is 1. The van der Waals surface area contributed by atoms with E-state index >= 15 is 0 Å². The molecule has 1 unspecified atom stereocenters. The molecular formula is C13H18FNO. The molecule has 0 aliphatic heterocycles. The van der Waals surface area contributed by atoms with Gasteiger partial charge in [-0.05, 0) is 31.7 Å². The van der Waals surface area contributed by atoms with Crippen LogP contribution in [-0.4, -0.2) is 11.1 Å². The van der Waals surface area contributed by atoms with Crippen LogP contribution < -0.4 is 5.32 Å². The Hall–Kier alpha value is -1.09. The molecule has 2 rings (SSSR count). The van der Waals surface area contributed by atoms with Gasteiger partial charge in [0.25, 0.3) is 0 Å². The Labute approximate surface area is 95.5 Å². The van der Waals surface area contributed by atoms with Gasteiger partial charge in [0.05, 0.1) is 0 Å². The summed E-state index contributed by atoms with van der Waals surface area (Å²) in [6.07, 6.45) is 2.34. The molecule has 1 atom stereocenters. The Balaban J connectivity index is 2.00. The van der Waals surface area contributed by atoms with Gasteiger partial charge in [0.15, 0.2) is 0 Å². The van der Waals surface area contributed by atoms with Crippen LogP contribution in [0.15, 0.2) is 18.2 Å². The maximum atomic E-state index is 13.5. The Bertz CT molecular complexity index is 374. The molecule has 1 aliphatic carbocycles. The Morgan fingerprint density at radius 3 is 2.69 bits per heavy atom. The summed E-state index contributed by atoms with van der Waals surface area (Å²) in [5.74, 6) is 0.424. The molecule has 0 spiro atoms. The van der Waals surface area contributed by atoms with Crippen LogP contribution in [0.1, 0.15) is 38.3 Å². The van der Waals surface area contributed by atoms with E-state index in [0.29, 0.717) is 11.6 Å². The highest BCUT2D eigenvalue weighted by Crippen LogP contribution is 2.29. The molecule has 0 amide bonds. The number of hydrogen-bond acceptors (Lipinski definition) is 2. The van der Waals surface area contributed by atoms with Crippen LogP contribution in [0.4, 0.5) is 4.39 Å². The van der Waals surface area contributed by atoms with Crippen molar-refractivity contribution in [2.45, 2.75) is 38.8 Å². The summed E-state index contributed by atoms with van der Waals surface area (Å²) in [4.78, 5) is 0. The highest BCUT2D eigenvalue weighted by atomic mass is 19.1. The minimum atomic E-state index is -0.340. The zero-order valence-corrected chi connectivity index (χ0v) is 9.70. The van der Waals surface area contributed by atoms with Gasteiger partial charge < -0.3 is 10.4 Å². The lowest BCUT2D eigenvalue weighted by Gasteiger charge is -2.35. The van der Waals surface area contributed by atoms with Crippen molar-refractivity contribution < 1.29 is 9.50 Å². The van der Waals surface area contributed by atoms with Crippen LogP contribution in [0.2, 0.25) is 0 Å². The van der Waals surface area contributed by atoms with Gasteiger partial charge in [-0.3, -0.25) is 0 Å². The largest absolute Gasteiger partial charge is 0.508 e. The van der Waals surface area contributed by atoms with Crippen LogP contribution >= 0.6 is 0 Å². The van der Waals surface area contributed by atoms with Gasteiger partial charge in [-0.2, -0.15) is 0 Å². The molecule has 0 radical (unpaired) electrons. The second-order valence-electron chi connectivity index (χ2n) is 4.87. The van der Waals surface area contributed by atoms with Crippen molar-refractivity contribution in [2.24, 2.45) is 5.92 Å². The summed E-state index contributed by atoms with van der Waals surface area (Å²) >= 11 is 0. The molecule has 1 aromatic carbocycles. The summed E-state index contributed by atoms with van der Waals surface area (Å²) in [6, 6.07) is 4.85. The molecule has 0 bridgehead atoms. The molecule has 2 nitrogen and oxygen atoms in total. The third-order valence-electron chi connectivity index (χ3n) is 3.31. The average molecular weight is 223 g/mol. The third kappa shape index (κ3) is 2.35. The molecule has 1 aliphatic rings. The second-order valence-corrected chi connectivity index (χ2v) is 4.87. The standard InChI is InChI=1S/C13H18FNO/c1-8-5-10(6-8)15-9(2)12-4-3-11(16)7-13(12)14/h3-4,7-10,15-16H,5-6H2,1-2H3. The number of phenols is 1. The van der Waals surface area contributed by atoms with E-state index in [1.165, 1.54) is 18.9 Å². The van der Waals surface area contributed by atoms with E-state index in [1.807, 2.05) is 6.92 Å². The van der Waals surface area contributed by atoms with Crippen molar-refractivity contribution in [3.05, 3.63) is 29.6 Å². The van der Waals surface area contributed by atoms with Crippen molar-refractivity contribution in [3.63, 3.8) is 0 Å². The lowest BCUT2D eigenvalue weighted by Crippen LogP contribution is -2.41. The first-order chi connectivity index (χ1) is 7.56. The molecule has 0 saturated heterocycles. The minimum absolute atomic E-state index is 0.00176. The van der Waals surface area contributed by atoms with Gasteiger partial charge in [-0.25, -0.2) is 4.39 Å². The zero-order valence-electron chi connectivity index (χ0n) is 9.70. The highest BCUT2D eigenvalue weighted by molar-refractivity contribution is 5.29. The molecule has 1 saturated carbocycles. The van der Waals surface area contributed by atoms with Gasteiger partial charge >= 0.3 is 0 Å². The fourth-order valence-electron chi connectivity index (χ4n) is 2.35. The summed E-state index contributed by atoms with van der Waals surface area (Å²) in [6.45, 7) is 4.18. The molecular weight excluding hydrogens is 205 g/mol. The highest BCUT2D eigenvalue weighted by Gasteiger charge is 2.27. The van der Waals surface area contributed by atoms with Crippen molar-refractivity contribution in [1.29, 1.82) is 0 Å². The van der Waals surface area contributed by atoms with Crippen LogP contribution in [0.5, 0.6) is 5.75 Å². The van der Waals surface area contributed by atoms with Gasteiger partial charge in [-0.1, -0.05) is 13.0 Å². The molecule has 16 heavy (non-hydrogen) atoms. The first-order valence-electron chi connectivity index (χ1n) is 5.80. The van der Waals surface area contributed by atoms with Gasteiger partial charge in [-0.15, -0.1) is 0 Å². The Morgan fingerprint density at radius 1 is 1.44 bits per heavy atom. The van der Waals surface area contributed by atoms with Crippen LogP contribution in [0.3, 0.4) is 0 Å². The average Bonchev–Trinajstić information content (AvgIpc) is 2.15. The van der Waals surface area contributed by atoms with Crippen molar-refractivity contribution in [3.8, 4) is 5.75 Å². The van der Waals surface area contributed by atoms with E-state index in [2.05, 4.69) is 12.2 Å². The number of phenolic OH excluding ortho intramolecular Hbond substituents is 1. The summed E-state index contributed by atoms with van der Waals surface area (Å²) in [7, 11) is 0.